The molecule has 2 aromatic rings. The van der Waals surface area contributed by atoms with Gasteiger partial charge in [0, 0.05) is 0 Å². The van der Waals surface area contributed by atoms with Crippen LogP contribution >= 0.6 is 15.9 Å². The first kappa shape index (κ1) is 14.8. The van der Waals surface area contributed by atoms with Gasteiger partial charge in [-0.25, -0.2) is 4.79 Å². The lowest BCUT2D eigenvalue weighted by atomic mass is 10.2. The summed E-state index contributed by atoms with van der Waals surface area (Å²) >= 11 is 3.18. The van der Waals surface area contributed by atoms with E-state index in [-0.39, 0.29) is 24.2 Å². The van der Waals surface area contributed by atoms with E-state index in [9.17, 15) is 9.59 Å². The van der Waals surface area contributed by atoms with Crippen LogP contribution in [0, 0.1) is 0 Å². The second kappa shape index (κ2) is 5.91. The van der Waals surface area contributed by atoms with E-state index in [1.54, 1.807) is 12.1 Å². The Morgan fingerprint density at radius 3 is 2.82 bits per heavy atom. The van der Waals surface area contributed by atoms with Crippen LogP contribution in [0.2, 0.25) is 0 Å². The SMILES string of the molecule is CCC[C@@H]1NC(=O)N(Cc2nnc(-c3ccc(Br)o3)o2)C1=O. The van der Waals surface area contributed by atoms with E-state index in [1.807, 2.05) is 6.92 Å². The zero-order valence-electron chi connectivity index (χ0n) is 11.7. The summed E-state index contributed by atoms with van der Waals surface area (Å²) in [5, 5.41) is 10.3. The van der Waals surface area contributed by atoms with Gasteiger partial charge in [0.05, 0.1) is 0 Å². The van der Waals surface area contributed by atoms with Crippen molar-refractivity contribution < 1.29 is 18.4 Å². The number of urea groups is 1. The molecule has 1 aliphatic heterocycles. The molecule has 8 nitrogen and oxygen atoms in total. The molecule has 0 saturated carbocycles. The monoisotopic (exact) mass is 368 g/mol. The first-order valence-corrected chi connectivity index (χ1v) is 7.57. The smallest absolute Gasteiger partial charge is 0.325 e. The van der Waals surface area contributed by atoms with E-state index >= 15 is 0 Å². The number of hydrogen-bond donors (Lipinski definition) is 1. The van der Waals surface area contributed by atoms with Gasteiger partial charge in [-0.05, 0) is 34.5 Å². The van der Waals surface area contributed by atoms with Crippen LogP contribution in [0.4, 0.5) is 4.79 Å². The Labute approximate surface area is 134 Å². The first-order valence-electron chi connectivity index (χ1n) is 6.78. The van der Waals surface area contributed by atoms with Crippen molar-refractivity contribution in [3.8, 4) is 11.7 Å². The summed E-state index contributed by atoms with van der Waals surface area (Å²) in [6, 6.07) is 2.46. The number of amides is 3. The molecule has 1 saturated heterocycles. The van der Waals surface area contributed by atoms with Crippen molar-refractivity contribution in [1.29, 1.82) is 0 Å². The number of nitrogens with one attached hydrogen (secondary N) is 1. The Morgan fingerprint density at radius 1 is 1.32 bits per heavy atom. The van der Waals surface area contributed by atoms with Gasteiger partial charge in [0.2, 0.25) is 5.89 Å². The van der Waals surface area contributed by atoms with Gasteiger partial charge in [-0.2, -0.15) is 0 Å². The zero-order valence-corrected chi connectivity index (χ0v) is 13.3. The number of halogens is 1. The van der Waals surface area contributed by atoms with Crippen molar-refractivity contribution >= 4 is 27.9 Å². The molecule has 0 aliphatic carbocycles. The molecule has 9 heteroatoms. The molecule has 3 heterocycles. The summed E-state index contributed by atoms with van der Waals surface area (Å²) in [6.07, 6.45) is 1.42. The number of nitrogens with zero attached hydrogens (tertiary/aromatic N) is 3. The number of imide groups is 1. The lowest BCUT2D eigenvalue weighted by Gasteiger charge is -2.09. The first-order chi connectivity index (χ1) is 10.6. The second-order valence-corrected chi connectivity index (χ2v) is 5.60. The quantitative estimate of drug-likeness (QED) is 0.812. The molecule has 1 atom stereocenters. The third kappa shape index (κ3) is 2.76. The minimum Gasteiger partial charge on any atom is -0.444 e. The fourth-order valence-corrected chi connectivity index (χ4v) is 2.50. The van der Waals surface area contributed by atoms with Crippen LogP contribution in [-0.2, 0) is 11.3 Å². The summed E-state index contributed by atoms with van der Waals surface area (Å²) < 4.78 is 11.3. The lowest BCUT2D eigenvalue weighted by Crippen LogP contribution is -2.31. The second-order valence-electron chi connectivity index (χ2n) is 4.82. The fourth-order valence-electron chi connectivity index (χ4n) is 2.19. The molecular formula is C13H13BrN4O4. The molecule has 0 bridgehead atoms. The molecule has 3 rings (SSSR count). The Morgan fingerprint density at radius 2 is 2.14 bits per heavy atom. The third-order valence-electron chi connectivity index (χ3n) is 3.23. The predicted molar refractivity (Wildman–Crippen MR) is 77.5 cm³/mol. The molecule has 22 heavy (non-hydrogen) atoms. The average molecular weight is 369 g/mol. The van der Waals surface area contributed by atoms with Crippen LogP contribution in [0.5, 0.6) is 0 Å². The molecule has 1 aliphatic rings. The number of furan rings is 1. The maximum absolute atomic E-state index is 12.1. The van der Waals surface area contributed by atoms with Crippen molar-refractivity contribution in [3.05, 3.63) is 22.7 Å². The Kier molecular flexibility index (Phi) is 3.97. The van der Waals surface area contributed by atoms with Gasteiger partial charge in [0.25, 0.3) is 11.8 Å². The van der Waals surface area contributed by atoms with Crippen LogP contribution in [0.1, 0.15) is 25.7 Å². The number of aromatic nitrogens is 2. The van der Waals surface area contributed by atoms with Gasteiger partial charge >= 0.3 is 6.03 Å². The standard InChI is InChI=1S/C13H13BrN4O4/c1-2-3-7-12(19)18(13(20)15-7)6-10-16-17-11(22-10)8-4-5-9(14)21-8/h4-5,7H,2-3,6H2,1H3,(H,15,20)/t7-/m0/s1. The predicted octanol–water partition coefficient (Wildman–Crippen LogP) is 2.31. The highest BCUT2D eigenvalue weighted by atomic mass is 79.9. The van der Waals surface area contributed by atoms with Crippen molar-refractivity contribution in [2.24, 2.45) is 0 Å². The van der Waals surface area contributed by atoms with Crippen molar-refractivity contribution in [2.75, 3.05) is 0 Å². The van der Waals surface area contributed by atoms with Crippen molar-refractivity contribution in [1.82, 2.24) is 20.4 Å². The number of carbonyl (C=O) groups is 2. The minimum absolute atomic E-state index is 0.0558. The number of carbonyl (C=O) groups excluding carboxylic acids is 2. The van der Waals surface area contributed by atoms with E-state index in [4.69, 9.17) is 8.83 Å². The van der Waals surface area contributed by atoms with Crippen molar-refractivity contribution in [2.45, 2.75) is 32.4 Å². The van der Waals surface area contributed by atoms with Gasteiger partial charge in [0.15, 0.2) is 10.4 Å². The molecule has 1 N–H and O–H groups in total. The van der Waals surface area contributed by atoms with Crippen LogP contribution < -0.4 is 5.32 Å². The molecule has 1 fully saturated rings. The van der Waals surface area contributed by atoms with Gasteiger partial charge in [0.1, 0.15) is 12.6 Å². The normalized spacial score (nSPS) is 18.1. The lowest BCUT2D eigenvalue weighted by molar-refractivity contribution is -0.128. The molecule has 0 aromatic carbocycles. The van der Waals surface area contributed by atoms with Crippen LogP contribution in [-0.4, -0.2) is 33.1 Å². The molecule has 0 spiro atoms. The molecular weight excluding hydrogens is 356 g/mol. The highest BCUT2D eigenvalue weighted by molar-refractivity contribution is 9.10. The Bertz CT molecular complexity index is 710. The summed E-state index contributed by atoms with van der Waals surface area (Å²) in [6.45, 7) is 1.90. The largest absolute Gasteiger partial charge is 0.444 e. The molecule has 2 aromatic heterocycles. The van der Waals surface area contributed by atoms with E-state index in [0.717, 1.165) is 11.3 Å². The molecule has 0 radical (unpaired) electrons. The van der Waals surface area contributed by atoms with Gasteiger partial charge in [-0.15, -0.1) is 10.2 Å². The van der Waals surface area contributed by atoms with E-state index < -0.39 is 12.1 Å². The molecule has 0 unspecified atom stereocenters. The summed E-state index contributed by atoms with van der Waals surface area (Å²) in [5.41, 5.74) is 0. The van der Waals surface area contributed by atoms with Gasteiger partial charge in [-0.1, -0.05) is 13.3 Å². The van der Waals surface area contributed by atoms with Crippen LogP contribution in [0.25, 0.3) is 11.7 Å². The Balaban J connectivity index is 1.73. The third-order valence-corrected chi connectivity index (χ3v) is 3.65. The molecule has 3 amide bonds. The number of rotatable bonds is 5. The maximum Gasteiger partial charge on any atom is 0.325 e. The highest BCUT2D eigenvalue weighted by Gasteiger charge is 2.38. The zero-order chi connectivity index (χ0) is 15.7. The maximum atomic E-state index is 12.1. The highest BCUT2D eigenvalue weighted by Crippen LogP contribution is 2.24. The fraction of sp³-hybridized carbons (Fsp3) is 0.385. The van der Waals surface area contributed by atoms with E-state index in [0.29, 0.717) is 16.9 Å². The number of hydrogen-bond acceptors (Lipinski definition) is 6. The Hall–Kier alpha value is -2.16. The summed E-state index contributed by atoms with van der Waals surface area (Å²) in [7, 11) is 0. The van der Waals surface area contributed by atoms with Gasteiger partial charge < -0.3 is 14.2 Å². The average Bonchev–Trinajstić information content (AvgIpc) is 3.17. The minimum atomic E-state index is -0.471. The summed E-state index contributed by atoms with van der Waals surface area (Å²) in [4.78, 5) is 25.0. The van der Waals surface area contributed by atoms with Gasteiger partial charge in [-0.3, -0.25) is 9.69 Å². The van der Waals surface area contributed by atoms with Crippen LogP contribution in [0.15, 0.2) is 25.6 Å². The van der Waals surface area contributed by atoms with E-state index in [1.165, 1.54) is 0 Å². The van der Waals surface area contributed by atoms with Crippen LogP contribution in [0.3, 0.4) is 0 Å². The molecule has 116 valence electrons. The topological polar surface area (TPSA) is 101 Å². The van der Waals surface area contributed by atoms with Crippen molar-refractivity contribution in [3.63, 3.8) is 0 Å². The van der Waals surface area contributed by atoms with E-state index in [2.05, 4.69) is 31.4 Å². The summed E-state index contributed by atoms with van der Waals surface area (Å²) in [5.74, 6) is 0.500.